The Morgan fingerprint density at radius 3 is 2.95 bits per heavy atom. The molecule has 1 unspecified atom stereocenters. The summed E-state index contributed by atoms with van der Waals surface area (Å²) >= 11 is 0. The molecule has 2 rings (SSSR count). The van der Waals surface area contributed by atoms with E-state index >= 15 is 0 Å². The van der Waals surface area contributed by atoms with Crippen LogP contribution < -0.4 is 10.6 Å². The van der Waals surface area contributed by atoms with E-state index in [9.17, 15) is 4.79 Å². The average molecular weight is 261 g/mol. The fraction of sp³-hybridized carbons (Fsp3) is 0.533. The van der Waals surface area contributed by atoms with Crippen LogP contribution >= 0.6 is 0 Å². The minimum absolute atomic E-state index is 0.127. The van der Waals surface area contributed by atoms with Gasteiger partial charge in [-0.05, 0) is 43.5 Å². The zero-order valence-corrected chi connectivity index (χ0v) is 11.8. The van der Waals surface area contributed by atoms with E-state index in [1.165, 1.54) is 0 Å². The summed E-state index contributed by atoms with van der Waals surface area (Å²) in [6.45, 7) is 2.31. The zero-order chi connectivity index (χ0) is 13.8. The molecule has 1 aliphatic rings. The first-order valence-electron chi connectivity index (χ1n) is 6.88. The molecule has 0 bridgehead atoms. The number of nitrogens with two attached hydrogens (primary N) is 1. The van der Waals surface area contributed by atoms with Gasteiger partial charge in [-0.15, -0.1) is 0 Å². The van der Waals surface area contributed by atoms with Gasteiger partial charge in [-0.3, -0.25) is 4.79 Å². The second kappa shape index (κ2) is 6.06. The van der Waals surface area contributed by atoms with Gasteiger partial charge in [-0.25, -0.2) is 0 Å². The van der Waals surface area contributed by atoms with Crippen molar-refractivity contribution in [2.24, 2.45) is 11.7 Å². The highest BCUT2D eigenvalue weighted by molar-refractivity contribution is 5.95. The third-order valence-electron chi connectivity index (χ3n) is 3.75. The number of amides is 1. The van der Waals surface area contributed by atoms with Gasteiger partial charge in [-0.2, -0.15) is 0 Å². The summed E-state index contributed by atoms with van der Waals surface area (Å²) in [5.41, 5.74) is 7.54. The topological polar surface area (TPSA) is 49.6 Å². The Morgan fingerprint density at radius 2 is 2.26 bits per heavy atom. The summed E-state index contributed by atoms with van der Waals surface area (Å²) in [6, 6.07) is 7.79. The number of rotatable bonds is 3. The van der Waals surface area contributed by atoms with Crippen molar-refractivity contribution in [1.82, 2.24) is 4.90 Å². The van der Waals surface area contributed by atoms with Crippen molar-refractivity contribution in [3.63, 3.8) is 0 Å². The van der Waals surface area contributed by atoms with Crippen LogP contribution in [0.25, 0.3) is 0 Å². The first kappa shape index (κ1) is 13.9. The van der Waals surface area contributed by atoms with Crippen molar-refractivity contribution in [2.75, 3.05) is 38.6 Å². The Kier molecular flexibility index (Phi) is 4.43. The number of piperidine rings is 1. The minimum atomic E-state index is 0.127. The summed E-state index contributed by atoms with van der Waals surface area (Å²) in [7, 11) is 3.96. The maximum Gasteiger partial charge on any atom is 0.253 e. The number of anilines is 1. The van der Waals surface area contributed by atoms with Gasteiger partial charge in [0, 0.05) is 38.4 Å². The molecule has 1 aromatic rings. The molecule has 1 atom stereocenters. The lowest BCUT2D eigenvalue weighted by atomic mass is 9.97. The molecule has 19 heavy (non-hydrogen) atoms. The Labute approximate surface area is 115 Å². The van der Waals surface area contributed by atoms with Crippen LogP contribution in [0.4, 0.5) is 5.69 Å². The van der Waals surface area contributed by atoms with Crippen molar-refractivity contribution in [2.45, 2.75) is 12.8 Å². The molecule has 1 amide bonds. The van der Waals surface area contributed by atoms with Crippen LogP contribution in [0.1, 0.15) is 23.2 Å². The van der Waals surface area contributed by atoms with Gasteiger partial charge in [0.1, 0.15) is 0 Å². The Hall–Kier alpha value is -1.55. The van der Waals surface area contributed by atoms with Crippen molar-refractivity contribution < 1.29 is 4.79 Å². The number of nitrogens with zero attached hydrogens (tertiary/aromatic N) is 2. The van der Waals surface area contributed by atoms with Gasteiger partial charge in [0.2, 0.25) is 0 Å². The van der Waals surface area contributed by atoms with E-state index in [-0.39, 0.29) is 5.91 Å². The Bertz CT molecular complexity index is 445. The SMILES string of the molecule is CN(C)c1cccc(C(=O)N2CCCC(CN)C2)c1. The molecule has 0 aliphatic carbocycles. The second-order valence-corrected chi connectivity index (χ2v) is 5.44. The molecule has 1 fully saturated rings. The zero-order valence-electron chi connectivity index (χ0n) is 11.8. The molecule has 0 spiro atoms. The molecule has 1 saturated heterocycles. The van der Waals surface area contributed by atoms with Crippen LogP contribution in [0.3, 0.4) is 0 Å². The predicted molar refractivity (Wildman–Crippen MR) is 78.5 cm³/mol. The summed E-state index contributed by atoms with van der Waals surface area (Å²) < 4.78 is 0. The van der Waals surface area contributed by atoms with E-state index in [4.69, 9.17) is 5.73 Å². The molecule has 1 aromatic carbocycles. The Balaban J connectivity index is 2.12. The van der Waals surface area contributed by atoms with Crippen molar-refractivity contribution in [3.05, 3.63) is 29.8 Å². The standard InChI is InChI=1S/C15H23N3O/c1-17(2)14-7-3-6-13(9-14)15(19)18-8-4-5-12(10-16)11-18/h3,6-7,9,12H,4-5,8,10-11,16H2,1-2H3. The average Bonchev–Trinajstić information content (AvgIpc) is 2.46. The molecule has 4 heteroatoms. The number of carbonyl (C=O) groups is 1. The molecule has 0 saturated carbocycles. The van der Waals surface area contributed by atoms with Gasteiger partial charge < -0.3 is 15.5 Å². The van der Waals surface area contributed by atoms with E-state index in [2.05, 4.69) is 0 Å². The lowest BCUT2D eigenvalue weighted by Crippen LogP contribution is -2.42. The largest absolute Gasteiger partial charge is 0.378 e. The van der Waals surface area contributed by atoms with Gasteiger partial charge in [0.05, 0.1) is 0 Å². The number of hydrogen-bond acceptors (Lipinski definition) is 3. The molecule has 1 aliphatic heterocycles. The first-order valence-corrected chi connectivity index (χ1v) is 6.88. The van der Waals surface area contributed by atoms with Crippen LogP contribution in [-0.4, -0.2) is 44.5 Å². The third kappa shape index (κ3) is 3.26. The quantitative estimate of drug-likeness (QED) is 0.898. The lowest BCUT2D eigenvalue weighted by molar-refractivity contribution is 0.0678. The molecular formula is C15H23N3O. The summed E-state index contributed by atoms with van der Waals surface area (Å²) in [4.78, 5) is 16.5. The monoisotopic (exact) mass is 261 g/mol. The van der Waals surface area contributed by atoms with E-state index in [1.807, 2.05) is 48.2 Å². The number of hydrogen-bond donors (Lipinski definition) is 1. The van der Waals surface area contributed by atoms with Gasteiger partial charge in [0.25, 0.3) is 5.91 Å². The summed E-state index contributed by atoms with van der Waals surface area (Å²) in [5.74, 6) is 0.580. The minimum Gasteiger partial charge on any atom is -0.378 e. The van der Waals surface area contributed by atoms with E-state index in [1.54, 1.807) is 0 Å². The van der Waals surface area contributed by atoms with E-state index in [0.29, 0.717) is 12.5 Å². The predicted octanol–water partition coefficient (Wildman–Crippen LogP) is 1.56. The lowest BCUT2D eigenvalue weighted by Gasteiger charge is -2.32. The third-order valence-corrected chi connectivity index (χ3v) is 3.75. The number of benzene rings is 1. The normalized spacial score (nSPS) is 19.3. The first-order chi connectivity index (χ1) is 9.11. The highest BCUT2D eigenvalue weighted by atomic mass is 16.2. The van der Waals surface area contributed by atoms with Crippen molar-refractivity contribution >= 4 is 11.6 Å². The van der Waals surface area contributed by atoms with Crippen LogP contribution in [0.15, 0.2) is 24.3 Å². The Morgan fingerprint density at radius 1 is 1.47 bits per heavy atom. The van der Waals surface area contributed by atoms with Gasteiger partial charge >= 0.3 is 0 Å². The van der Waals surface area contributed by atoms with Crippen LogP contribution in [-0.2, 0) is 0 Å². The van der Waals surface area contributed by atoms with Crippen LogP contribution in [0.5, 0.6) is 0 Å². The van der Waals surface area contributed by atoms with Crippen LogP contribution in [0, 0.1) is 5.92 Å². The van der Waals surface area contributed by atoms with E-state index < -0.39 is 0 Å². The van der Waals surface area contributed by atoms with Crippen molar-refractivity contribution in [3.8, 4) is 0 Å². The highest BCUT2D eigenvalue weighted by Gasteiger charge is 2.23. The fourth-order valence-corrected chi connectivity index (χ4v) is 2.54. The van der Waals surface area contributed by atoms with Gasteiger partial charge in [-0.1, -0.05) is 6.07 Å². The molecular weight excluding hydrogens is 238 g/mol. The van der Waals surface area contributed by atoms with Crippen molar-refractivity contribution in [1.29, 1.82) is 0 Å². The molecule has 2 N–H and O–H groups in total. The highest BCUT2D eigenvalue weighted by Crippen LogP contribution is 2.20. The number of carbonyl (C=O) groups excluding carboxylic acids is 1. The van der Waals surface area contributed by atoms with E-state index in [0.717, 1.165) is 37.2 Å². The molecule has 0 radical (unpaired) electrons. The van der Waals surface area contributed by atoms with Crippen LogP contribution in [0.2, 0.25) is 0 Å². The molecule has 104 valence electrons. The molecule has 0 aromatic heterocycles. The second-order valence-electron chi connectivity index (χ2n) is 5.44. The smallest absolute Gasteiger partial charge is 0.253 e. The maximum absolute atomic E-state index is 12.5. The molecule has 4 nitrogen and oxygen atoms in total. The van der Waals surface area contributed by atoms with Gasteiger partial charge in [0.15, 0.2) is 0 Å². The maximum atomic E-state index is 12.5. The fourth-order valence-electron chi connectivity index (χ4n) is 2.54. The summed E-state index contributed by atoms with van der Waals surface area (Å²) in [6.07, 6.45) is 2.19. The number of likely N-dealkylation sites (tertiary alicyclic amines) is 1. The molecule has 1 heterocycles. The summed E-state index contributed by atoms with van der Waals surface area (Å²) in [5, 5.41) is 0.